The summed E-state index contributed by atoms with van der Waals surface area (Å²) >= 11 is 5.16. The van der Waals surface area contributed by atoms with Crippen molar-refractivity contribution in [1.82, 2.24) is 4.98 Å². The zero-order chi connectivity index (χ0) is 12.3. The van der Waals surface area contributed by atoms with Crippen molar-refractivity contribution < 1.29 is 0 Å². The highest BCUT2D eigenvalue weighted by atomic mass is 79.9. The Morgan fingerprint density at radius 3 is 3.00 bits per heavy atom. The molecule has 5 heteroatoms. The molecule has 0 aliphatic carbocycles. The zero-order valence-corrected chi connectivity index (χ0v) is 12.0. The van der Waals surface area contributed by atoms with Gasteiger partial charge >= 0.3 is 0 Å². The van der Waals surface area contributed by atoms with Gasteiger partial charge in [0.15, 0.2) is 0 Å². The van der Waals surface area contributed by atoms with Gasteiger partial charge in [-0.25, -0.2) is 4.98 Å². The second-order valence-corrected chi connectivity index (χ2v) is 5.72. The number of pyridine rings is 1. The summed E-state index contributed by atoms with van der Waals surface area (Å²) in [5.41, 5.74) is 6.80. The molecule has 0 aliphatic rings. The lowest BCUT2D eigenvalue weighted by molar-refractivity contribution is 0.886. The van der Waals surface area contributed by atoms with Gasteiger partial charge in [-0.05, 0) is 33.4 Å². The van der Waals surface area contributed by atoms with Crippen molar-refractivity contribution in [1.29, 1.82) is 0 Å². The summed E-state index contributed by atoms with van der Waals surface area (Å²) in [6.45, 7) is 1.36. The monoisotopic (exact) mass is 311 g/mol. The lowest BCUT2D eigenvalue weighted by Crippen LogP contribution is -2.19. The molecule has 0 fully saturated rings. The van der Waals surface area contributed by atoms with Crippen molar-refractivity contribution in [2.45, 2.75) is 13.1 Å². The molecule has 0 aromatic carbocycles. The van der Waals surface area contributed by atoms with Crippen LogP contribution in [0.1, 0.15) is 10.4 Å². The van der Waals surface area contributed by atoms with Crippen LogP contribution in [0, 0.1) is 0 Å². The third-order valence-corrected chi connectivity index (χ3v) is 3.76. The Balaban J connectivity index is 2.21. The van der Waals surface area contributed by atoms with Crippen LogP contribution >= 0.6 is 27.3 Å². The van der Waals surface area contributed by atoms with Crippen molar-refractivity contribution in [3.05, 3.63) is 44.7 Å². The zero-order valence-electron chi connectivity index (χ0n) is 9.56. The Hall–Kier alpha value is -0.910. The second-order valence-electron chi connectivity index (χ2n) is 3.78. The summed E-state index contributed by atoms with van der Waals surface area (Å²) in [5.74, 6) is 0.948. The maximum atomic E-state index is 5.75. The molecule has 0 saturated heterocycles. The molecule has 0 aliphatic heterocycles. The Labute approximate surface area is 113 Å². The third-order valence-electron chi connectivity index (χ3n) is 2.46. The van der Waals surface area contributed by atoms with Gasteiger partial charge in [0, 0.05) is 34.7 Å². The van der Waals surface area contributed by atoms with Gasteiger partial charge in [-0.2, -0.15) is 0 Å². The van der Waals surface area contributed by atoms with E-state index in [1.54, 1.807) is 17.5 Å². The summed E-state index contributed by atoms with van der Waals surface area (Å²) in [5, 5.41) is 2.09. The molecule has 2 N–H and O–H groups in total. The van der Waals surface area contributed by atoms with E-state index in [0.29, 0.717) is 6.54 Å². The molecule has 3 nitrogen and oxygen atoms in total. The highest BCUT2D eigenvalue weighted by Gasteiger charge is 2.09. The standard InChI is InChI=1S/C12H14BrN3S/c1-16(8-11-3-2-4-17-11)12-9(6-14)5-10(13)7-15-12/h2-5,7H,6,8,14H2,1H3. The molecular formula is C12H14BrN3S. The quantitative estimate of drug-likeness (QED) is 0.944. The topological polar surface area (TPSA) is 42.2 Å². The van der Waals surface area contributed by atoms with Gasteiger partial charge in [0.25, 0.3) is 0 Å². The lowest BCUT2D eigenvalue weighted by atomic mass is 10.2. The number of anilines is 1. The van der Waals surface area contributed by atoms with Crippen LogP contribution < -0.4 is 10.6 Å². The number of rotatable bonds is 4. The number of thiophene rings is 1. The molecule has 2 heterocycles. The summed E-state index contributed by atoms with van der Waals surface area (Å²) in [6, 6.07) is 6.21. The number of hydrogen-bond acceptors (Lipinski definition) is 4. The predicted molar refractivity (Wildman–Crippen MR) is 76.3 cm³/mol. The first-order valence-electron chi connectivity index (χ1n) is 5.28. The Morgan fingerprint density at radius 2 is 2.35 bits per heavy atom. The van der Waals surface area contributed by atoms with Gasteiger partial charge in [0.1, 0.15) is 5.82 Å². The Morgan fingerprint density at radius 1 is 1.53 bits per heavy atom. The minimum absolute atomic E-state index is 0.497. The van der Waals surface area contributed by atoms with E-state index < -0.39 is 0 Å². The number of nitrogens with two attached hydrogens (primary N) is 1. The molecule has 17 heavy (non-hydrogen) atoms. The second kappa shape index (κ2) is 5.62. The van der Waals surface area contributed by atoms with Gasteiger partial charge in [-0.15, -0.1) is 11.3 Å². The predicted octanol–water partition coefficient (Wildman–Crippen LogP) is 3.00. The summed E-state index contributed by atoms with van der Waals surface area (Å²) in [4.78, 5) is 7.88. The number of hydrogen-bond donors (Lipinski definition) is 1. The fourth-order valence-electron chi connectivity index (χ4n) is 1.68. The maximum Gasteiger partial charge on any atom is 0.133 e. The van der Waals surface area contributed by atoms with Crippen molar-refractivity contribution in [3.63, 3.8) is 0 Å². The van der Waals surface area contributed by atoms with E-state index in [2.05, 4.69) is 43.3 Å². The molecule has 0 amide bonds. The lowest BCUT2D eigenvalue weighted by Gasteiger charge is -2.20. The first-order valence-corrected chi connectivity index (χ1v) is 6.96. The molecule has 0 bridgehead atoms. The van der Waals surface area contributed by atoms with E-state index >= 15 is 0 Å². The van der Waals surface area contributed by atoms with E-state index in [1.807, 2.05) is 13.1 Å². The largest absolute Gasteiger partial charge is 0.354 e. The molecule has 0 unspecified atom stereocenters. The highest BCUT2D eigenvalue weighted by Crippen LogP contribution is 2.22. The van der Waals surface area contributed by atoms with E-state index in [9.17, 15) is 0 Å². The minimum Gasteiger partial charge on any atom is -0.354 e. The SMILES string of the molecule is CN(Cc1cccs1)c1ncc(Br)cc1CN. The van der Waals surface area contributed by atoms with Crippen LogP contribution in [0.15, 0.2) is 34.2 Å². The first-order chi connectivity index (χ1) is 8.20. The molecule has 0 atom stereocenters. The average Bonchev–Trinajstić information content (AvgIpc) is 2.81. The number of aromatic nitrogens is 1. The molecule has 0 spiro atoms. The fourth-order valence-corrected chi connectivity index (χ4v) is 2.82. The van der Waals surface area contributed by atoms with Gasteiger partial charge in [-0.3, -0.25) is 0 Å². The van der Waals surface area contributed by atoms with Crippen molar-refractivity contribution in [2.75, 3.05) is 11.9 Å². The molecule has 2 aromatic heterocycles. The van der Waals surface area contributed by atoms with Crippen molar-refractivity contribution in [3.8, 4) is 0 Å². The van der Waals surface area contributed by atoms with Gasteiger partial charge in [-0.1, -0.05) is 6.07 Å². The van der Waals surface area contributed by atoms with Crippen LogP contribution in [0.3, 0.4) is 0 Å². The van der Waals surface area contributed by atoms with Crippen LogP contribution in [-0.4, -0.2) is 12.0 Å². The van der Waals surface area contributed by atoms with E-state index in [-0.39, 0.29) is 0 Å². The highest BCUT2D eigenvalue weighted by molar-refractivity contribution is 9.10. The summed E-state index contributed by atoms with van der Waals surface area (Å²) in [6.07, 6.45) is 1.80. The number of halogens is 1. The third kappa shape index (κ3) is 3.06. The Bertz CT molecular complexity index is 485. The van der Waals surface area contributed by atoms with Crippen LogP contribution in [0.5, 0.6) is 0 Å². The molecule has 0 saturated carbocycles. The summed E-state index contributed by atoms with van der Waals surface area (Å²) < 4.78 is 0.964. The Kier molecular flexibility index (Phi) is 4.15. The summed E-state index contributed by atoms with van der Waals surface area (Å²) in [7, 11) is 2.04. The van der Waals surface area contributed by atoms with Crippen LogP contribution in [0.4, 0.5) is 5.82 Å². The van der Waals surface area contributed by atoms with E-state index in [4.69, 9.17) is 5.73 Å². The van der Waals surface area contributed by atoms with E-state index in [0.717, 1.165) is 22.4 Å². The van der Waals surface area contributed by atoms with Gasteiger partial charge < -0.3 is 10.6 Å². The van der Waals surface area contributed by atoms with E-state index in [1.165, 1.54) is 4.88 Å². The smallest absolute Gasteiger partial charge is 0.133 e. The van der Waals surface area contributed by atoms with Crippen molar-refractivity contribution in [2.24, 2.45) is 5.73 Å². The molecule has 90 valence electrons. The van der Waals surface area contributed by atoms with Crippen LogP contribution in [-0.2, 0) is 13.1 Å². The maximum absolute atomic E-state index is 5.75. The number of nitrogens with zero attached hydrogens (tertiary/aromatic N) is 2. The van der Waals surface area contributed by atoms with Crippen molar-refractivity contribution >= 4 is 33.1 Å². The van der Waals surface area contributed by atoms with Gasteiger partial charge in [0.2, 0.25) is 0 Å². The normalized spacial score (nSPS) is 10.5. The first kappa shape index (κ1) is 12.5. The molecule has 2 aromatic rings. The molecule has 0 radical (unpaired) electrons. The average molecular weight is 312 g/mol. The fraction of sp³-hybridized carbons (Fsp3) is 0.250. The minimum atomic E-state index is 0.497. The van der Waals surface area contributed by atoms with Crippen LogP contribution in [0.25, 0.3) is 0 Å². The molecule has 2 rings (SSSR count). The van der Waals surface area contributed by atoms with Gasteiger partial charge in [0.05, 0.1) is 6.54 Å². The molecular weight excluding hydrogens is 298 g/mol. The van der Waals surface area contributed by atoms with Crippen LogP contribution in [0.2, 0.25) is 0 Å².